The molecule has 0 unspecified atom stereocenters. The highest BCUT2D eigenvalue weighted by atomic mass is 14.9. The van der Waals surface area contributed by atoms with Gasteiger partial charge in [-0.1, -0.05) is 82.2 Å². The fraction of sp³-hybridized carbons (Fsp3) is 0.500. The van der Waals surface area contributed by atoms with E-state index in [2.05, 4.69) is 54.7 Å². The van der Waals surface area contributed by atoms with Gasteiger partial charge in [0.1, 0.15) is 0 Å². The summed E-state index contributed by atoms with van der Waals surface area (Å²) < 4.78 is 0. The molecule has 0 saturated carbocycles. The average molecular weight is 283 g/mol. The molecule has 21 heavy (non-hydrogen) atoms. The summed E-state index contributed by atoms with van der Waals surface area (Å²) in [6.07, 6.45) is 11.0. The van der Waals surface area contributed by atoms with Gasteiger partial charge in [-0.05, 0) is 29.3 Å². The van der Waals surface area contributed by atoms with Crippen LogP contribution in [-0.2, 0) is 0 Å². The van der Waals surface area contributed by atoms with Gasteiger partial charge < -0.3 is 5.32 Å². The number of rotatable bonds is 10. The minimum atomic E-state index is 1.09. The van der Waals surface area contributed by atoms with E-state index in [9.17, 15) is 0 Å². The maximum atomic E-state index is 3.55. The highest BCUT2D eigenvalue weighted by Gasteiger charge is 1.96. The van der Waals surface area contributed by atoms with Crippen molar-refractivity contribution in [3.05, 3.63) is 42.5 Å². The highest BCUT2D eigenvalue weighted by molar-refractivity contribution is 5.85. The first-order chi connectivity index (χ1) is 10.4. The van der Waals surface area contributed by atoms with Crippen molar-refractivity contribution < 1.29 is 0 Å². The fourth-order valence-corrected chi connectivity index (χ4v) is 2.79. The Morgan fingerprint density at radius 1 is 0.714 bits per heavy atom. The maximum Gasteiger partial charge on any atom is 0.0346 e. The quantitative estimate of drug-likeness (QED) is 0.498. The number of hydrogen-bond donors (Lipinski definition) is 1. The molecule has 114 valence electrons. The number of hydrogen-bond acceptors (Lipinski definition) is 1. The summed E-state index contributed by atoms with van der Waals surface area (Å²) in [5, 5.41) is 6.18. The molecule has 2 rings (SSSR count). The molecular formula is C20H29N. The van der Waals surface area contributed by atoms with Crippen LogP contribution in [0.5, 0.6) is 0 Å². The summed E-state index contributed by atoms with van der Waals surface area (Å²) in [7, 11) is 0. The van der Waals surface area contributed by atoms with Crippen molar-refractivity contribution in [3.63, 3.8) is 0 Å². The van der Waals surface area contributed by atoms with Crippen LogP contribution in [0, 0.1) is 0 Å². The molecule has 0 aliphatic carbocycles. The van der Waals surface area contributed by atoms with E-state index in [1.807, 2.05) is 0 Å². The minimum Gasteiger partial charge on any atom is -0.385 e. The van der Waals surface area contributed by atoms with Crippen molar-refractivity contribution in [3.8, 4) is 0 Å². The number of anilines is 1. The lowest BCUT2D eigenvalue weighted by Gasteiger charge is -2.07. The predicted octanol–water partition coefficient (Wildman–Crippen LogP) is 6.39. The standard InChI is InChI=1S/C20H29N/c1-2-3-4-5-6-7-8-11-16-21-20-15-14-18-12-9-10-13-19(18)17-20/h9-10,12-15,17,21H,2-8,11,16H2,1H3. The Bertz CT molecular complexity index is 518. The second-order valence-electron chi connectivity index (χ2n) is 5.96. The van der Waals surface area contributed by atoms with E-state index in [4.69, 9.17) is 0 Å². The normalized spacial score (nSPS) is 10.9. The van der Waals surface area contributed by atoms with E-state index in [0.29, 0.717) is 0 Å². The van der Waals surface area contributed by atoms with Gasteiger partial charge in [0, 0.05) is 12.2 Å². The van der Waals surface area contributed by atoms with Crippen LogP contribution in [0.15, 0.2) is 42.5 Å². The Morgan fingerprint density at radius 3 is 2.14 bits per heavy atom. The van der Waals surface area contributed by atoms with Crippen LogP contribution < -0.4 is 5.32 Å². The molecular weight excluding hydrogens is 254 g/mol. The topological polar surface area (TPSA) is 12.0 Å². The zero-order chi connectivity index (χ0) is 14.8. The van der Waals surface area contributed by atoms with Crippen LogP contribution in [0.3, 0.4) is 0 Å². The van der Waals surface area contributed by atoms with Crippen molar-refractivity contribution in [2.45, 2.75) is 58.3 Å². The van der Waals surface area contributed by atoms with Gasteiger partial charge in [0.25, 0.3) is 0 Å². The van der Waals surface area contributed by atoms with Crippen molar-refractivity contribution in [2.75, 3.05) is 11.9 Å². The molecule has 0 bridgehead atoms. The average Bonchev–Trinajstić information content (AvgIpc) is 2.53. The van der Waals surface area contributed by atoms with Crippen molar-refractivity contribution in [1.82, 2.24) is 0 Å². The smallest absolute Gasteiger partial charge is 0.0346 e. The number of benzene rings is 2. The molecule has 0 saturated heterocycles. The SMILES string of the molecule is CCCCCCCCCCNc1ccc2ccccc2c1. The zero-order valence-electron chi connectivity index (χ0n) is 13.4. The molecule has 1 N–H and O–H groups in total. The first-order valence-corrected chi connectivity index (χ1v) is 8.63. The number of fused-ring (bicyclic) bond motifs is 1. The van der Waals surface area contributed by atoms with Gasteiger partial charge in [-0.3, -0.25) is 0 Å². The number of unbranched alkanes of at least 4 members (excludes halogenated alkanes) is 7. The Kier molecular flexibility index (Phi) is 7.14. The first kappa shape index (κ1) is 15.9. The molecule has 0 spiro atoms. The van der Waals surface area contributed by atoms with E-state index in [0.717, 1.165) is 6.54 Å². The van der Waals surface area contributed by atoms with Crippen LogP contribution in [0.25, 0.3) is 10.8 Å². The number of nitrogens with one attached hydrogen (secondary N) is 1. The van der Waals surface area contributed by atoms with Gasteiger partial charge in [-0.2, -0.15) is 0 Å². The van der Waals surface area contributed by atoms with Gasteiger partial charge in [-0.25, -0.2) is 0 Å². The van der Waals surface area contributed by atoms with Gasteiger partial charge in [0.15, 0.2) is 0 Å². The monoisotopic (exact) mass is 283 g/mol. The second kappa shape index (κ2) is 9.44. The molecule has 0 aliphatic heterocycles. The molecule has 2 aromatic carbocycles. The van der Waals surface area contributed by atoms with Crippen LogP contribution in [0.2, 0.25) is 0 Å². The van der Waals surface area contributed by atoms with E-state index >= 15 is 0 Å². The summed E-state index contributed by atoms with van der Waals surface area (Å²) >= 11 is 0. The lowest BCUT2D eigenvalue weighted by atomic mass is 10.1. The Hall–Kier alpha value is -1.50. The Balaban J connectivity index is 1.59. The van der Waals surface area contributed by atoms with E-state index < -0.39 is 0 Å². The molecule has 0 radical (unpaired) electrons. The Morgan fingerprint density at radius 2 is 1.38 bits per heavy atom. The van der Waals surface area contributed by atoms with E-state index in [-0.39, 0.29) is 0 Å². The molecule has 0 atom stereocenters. The molecule has 0 fully saturated rings. The Labute approximate surface area is 129 Å². The van der Waals surface area contributed by atoms with Gasteiger partial charge >= 0.3 is 0 Å². The fourth-order valence-electron chi connectivity index (χ4n) is 2.79. The first-order valence-electron chi connectivity index (χ1n) is 8.63. The predicted molar refractivity (Wildman–Crippen MR) is 95.0 cm³/mol. The second-order valence-corrected chi connectivity index (χ2v) is 5.96. The van der Waals surface area contributed by atoms with Crippen LogP contribution >= 0.6 is 0 Å². The lowest BCUT2D eigenvalue weighted by Crippen LogP contribution is -2.01. The largest absolute Gasteiger partial charge is 0.385 e. The molecule has 0 heterocycles. The zero-order valence-corrected chi connectivity index (χ0v) is 13.4. The van der Waals surface area contributed by atoms with Gasteiger partial charge in [0.2, 0.25) is 0 Å². The van der Waals surface area contributed by atoms with Crippen LogP contribution in [0.1, 0.15) is 58.3 Å². The third-order valence-corrected chi connectivity index (χ3v) is 4.11. The van der Waals surface area contributed by atoms with Gasteiger partial charge in [0.05, 0.1) is 0 Å². The van der Waals surface area contributed by atoms with Crippen LogP contribution in [0.4, 0.5) is 5.69 Å². The van der Waals surface area contributed by atoms with Gasteiger partial charge in [-0.15, -0.1) is 0 Å². The molecule has 2 aromatic rings. The molecule has 0 aromatic heterocycles. The summed E-state index contributed by atoms with van der Waals surface area (Å²) in [5.41, 5.74) is 1.25. The molecule has 1 nitrogen and oxygen atoms in total. The molecule has 0 amide bonds. The molecule has 0 aliphatic rings. The van der Waals surface area contributed by atoms with Crippen molar-refractivity contribution >= 4 is 16.5 Å². The third kappa shape index (κ3) is 5.79. The summed E-state index contributed by atoms with van der Waals surface area (Å²) in [6.45, 7) is 3.37. The van der Waals surface area contributed by atoms with E-state index in [1.54, 1.807) is 0 Å². The molecule has 1 heteroatoms. The van der Waals surface area contributed by atoms with Crippen LogP contribution in [-0.4, -0.2) is 6.54 Å². The minimum absolute atomic E-state index is 1.09. The summed E-state index contributed by atoms with van der Waals surface area (Å²) in [4.78, 5) is 0. The highest BCUT2D eigenvalue weighted by Crippen LogP contribution is 2.19. The maximum absolute atomic E-state index is 3.55. The lowest BCUT2D eigenvalue weighted by molar-refractivity contribution is 0.581. The summed E-state index contributed by atoms with van der Waals surface area (Å²) in [6, 6.07) is 15.2. The third-order valence-electron chi connectivity index (χ3n) is 4.11. The van der Waals surface area contributed by atoms with Crippen molar-refractivity contribution in [2.24, 2.45) is 0 Å². The summed E-state index contributed by atoms with van der Waals surface area (Å²) in [5.74, 6) is 0. The van der Waals surface area contributed by atoms with E-state index in [1.165, 1.54) is 67.8 Å². The van der Waals surface area contributed by atoms with Crippen molar-refractivity contribution in [1.29, 1.82) is 0 Å².